The molecule has 0 aromatic heterocycles. The van der Waals surface area contributed by atoms with Crippen molar-refractivity contribution in [3.63, 3.8) is 0 Å². The molecule has 0 aliphatic heterocycles. The van der Waals surface area contributed by atoms with Crippen LogP contribution in [0.25, 0.3) is 0 Å². The van der Waals surface area contributed by atoms with Gasteiger partial charge in [-0.25, -0.2) is 0 Å². The lowest BCUT2D eigenvalue weighted by Gasteiger charge is -2.06. The van der Waals surface area contributed by atoms with Crippen LogP contribution in [-0.4, -0.2) is 36.9 Å². The number of carbonyl (C=O) groups is 1. The molecular formula is C9H19NO3. The summed E-state index contributed by atoms with van der Waals surface area (Å²) in [6.45, 7) is 5.20. The lowest BCUT2D eigenvalue weighted by Crippen LogP contribution is -2.30. The molecule has 0 aromatic carbocycles. The molecule has 4 nitrogen and oxygen atoms in total. The zero-order valence-corrected chi connectivity index (χ0v) is 8.38. The molecule has 0 saturated carbocycles. The summed E-state index contributed by atoms with van der Waals surface area (Å²) in [6, 6.07) is 0. The van der Waals surface area contributed by atoms with Gasteiger partial charge in [0.15, 0.2) is 0 Å². The topological polar surface area (TPSA) is 58.6 Å². The van der Waals surface area contributed by atoms with E-state index in [0.29, 0.717) is 26.2 Å². The molecule has 2 N–H and O–H groups in total. The summed E-state index contributed by atoms with van der Waals surface area (Å²) in [5, 5.41) is 11.5. The van der Waals surface area contributed by atoms with E-state index in [1.54, 1.807) is 6.92 Å². The standard InChI is InChI=1S/C9H19NO3/c1-3-13-6-4-5-9(12)10-7-8(2)11/h8,11H,3-7H2,1-2H3,(H,10,12)/t8-/m0/s1. The lowest BCUT2D eigenvalue weighted by atomic mass is 10.3. The Hall–Kier alpha value is -0.610. The molecule has 78 valence electrons. The summed E-state index contributed by atoms with van der Waals surface area (Å²) in [7, 11) is 0. The molecule has 13 heavy (non-hydrogen) atoms. The van der Waals surface area contributed by atoms with Gasteiger partial charge in [-0.3, -0.25) is 4.79 Å². The van der Waals surface area contributed by atoms with Crippen LogP contribution in [0.3, 0.4) is 0 Å². The van der Waals surface area contributed by atoms with E-state index in [2.05, 4.69) is 5.32 Å². The third-order valence-electron chi connectivity index (χ3n) is 1.49. The number of aliphatic hydroxyl groups is 1. The smallest absolute Gasteiger partial charge is 0.220 e. The van der Waals surface area contributed by atoms with E-state index in [1.807, 2.05) is 6.92 Å². The monoisotopic (exact) mass is 189 g/mol. The highest BCUT2D eigenvalue weighted by molar-refractivity contribution is 5.75. The molecule has 0 saturated heterocycles. The van der Waals surface area contributed by atoms with E-state index < -0.39 is 6.10 Å². The van der Waals surface area contributed by atoms with Crippen LogP contribution in [0.1, 0.15) is 26.7 Å². The molecule has 0 rings (SSSR count). The molecule has 0 bridgehead atoms. The van der Waals surface area contributed by atoms with Crippen LogP contribution in [0, 0.1) is 0 Å². The van der Waals surface area contributed by atoms with E-state index in [1.165, 1.54) is 0 Å². The van der Waals surface area contributed by atoms with Crippen molar-refractivity contribution in [1.82, 2.24) is 5.32 Å². The number of nitrogens with one attached hydrogen (secondary N) is 1. The van der Waals surface area contributed by atoms with Crippen molar-refractivity contribution >= 4 is 5.91 Å². The van der Waals surface area contributed by atoms with E-state index >= 15 is 0 Å². The Kier molecular flexibility index (Phi) is 7.63. The third kappa shape index (κ3) is 9.30. The van der Waals surface area contributed by atoms with E-state index in [9.17, 15) is 4.79 Å². The van der Waals surface area contributed by atoms with Gasteiger partial charge in [0.05, 0.1) is 6.10 Å². The molecule has 4 heteroatoms. The molecule has 0 aliphatic rings. The molecule has 1 amide bonds. The fourth-order valence-electron chi connectivity index (χ4n) is 0.829. The zero-order valence-electron chi connectivity index (χ0n) is 8.38. The van der Waals surface area contributed by atoms with Crippen LogP contribution in [0.4, 0.5) is 0 Å². The predicted octanol–water partition coefficient (Wildman–Crippen LogP) is 0.300. The molecule has 0 fully saturated rings. The summed E-state index contributed by atoms with van der Waals surface area (Å²) < 4.78 is 5.08. The van der Waals surface area contributed by atoms with Gasteiger partial charge >= 0.3 is 0 Å². The minimum Gasteiger partial charge on any atom is -0.392 e. The minimum atomic E-state index is -0.476. The summed E-state index contributed by atoms with van der Waals surface area (Å²) in [5.74, 6) is -0.0272. The van der Waals surface area contributed by atoms with Gasteiger partial charge in [-0.05, 0) is 20.3 Å². The maximum absolute atomic E-state index is 11.0. The molecule has 0 radical (unpaired) electrons. The first-order chi connectivity index (χ1) is 6.16. The predicted molar refractivity (Wildman–Crippen MR) is 50.4 cm³/mol. The van der Waals surface area contributed by atoms with Crippen molar-refractivity contribution in [2.45, 2.75) is 32.8 Å². The van der Waals surface area contributed by atoms with Crippen LogP contribution in [0.15, 0.2) is 0 Å². The summed E-state index contributed by atoms with van der Waals surface area (Å²) in [5.41, 5.74) is 0. The number of hydrogen-bond donors (Lipinski definition) is 2. The molecule has 0 aliphatic carbocycles. The van der Waals surface area contributed by atoms with Crippen molar-refractivity contribution in [3.8, 4) is 0 Å². The van der Waals surface area contributed by atoms with Crippen molar-refractivity contribution in [3.05, 3.63) is 0 Å². The lowest BCUT2D eigenvalue weighted by molar-refractivity contribution is -0.121. The van der Waals surface area contributed by atoms with E-state index in [-0.39, 0.29) is 5.91 Å². The SMILES string of the molecule is CCOCCCC(=O)NC[C@H](C)O. The fraction of sp³-hybridized carbons (Fsp3) is 0.889. The molecule has 0 aromatic rings. The first-order valence-corrected chi connectivity index (χ1v) is 4.69. The zero-order chi connectivity index (χ0) is 10.1. The van der Waals surface area contributed by atoms with Crippen LogP contribution in [0.2, 0.25) is 0 Å². The Morgan fingerprint density at radius 3 is 2.85 bits per heavy atom. The van der Waals surface area contributed by atoms with Crippen molar-refractivity contribution in [1.29, 1.82) is 0 Å². The highest BCUT2D eigenvalue weighted by Gasteiger charge is 2.01. The largest absolute Gasteiger partial charge is 0.392 e. The maximum Gasteiger partial charge on any atom is 0.220 e. The molecule has 1 atom stereocenters. The second-order valence-corrected chi connectivity index (χ2v) is 2.95. The third-order valence-corrected chi connectivity index (χ3v) is 1.49. The Morgan fingerprint density at radius 2 is 2.31 bits per heavy atom. The number of aliphatic hydroxyl groups excluding tert-OH is 1. The molecule has 0 unspecified atom stereocenters. The van der Waals surface area contributed by atoms with Crippen LogP contribution >= 0.6 is 0 Å². The van der Waals surface area contributed by atoms with Crippen molar-refractivity contribution in [2.75, 3.05) is 19.8 Å². The molecule has 0 spiro atoms. The second kappa shape index (κ2) is 8.01. The number of carbonyl (C=O) groups excluding carboxylic acids is 1. The van der Waals surface area contributed by atoms with Gasteiger partial charge in [0, 0.05) is 26.2 Å². The van der Waals surface area contributed by atoms with Crippen molar-refractivity contribution in [2.24, 2.45) is 0 Å². The van der Waals surface area contributed by atoms with Gasteiger partial charge in [0.1, 0.15) is 0 Å². The highest BCUT2D eigenvalue weighted by atomic mass is 16.5. The number of ether oxygens (including phenoxy) is 1. The van der Waals surface area contributed by atoms with E-state index in [4.69, 9.17) is 9.84 Å². The Balaban J connectivity index is 3.20. The quantitative estimate of drug-likeness (QED) is 0.566. The Bertz CT molecular complexity index is 137. The van der Waals surface area contributed by atoms with Gasteiger partial charge in [0.25, 0.3) is 0 Å². The summed E-state index contributed by atoms with van der Waals surface area (Å²) >= 11 is 0. The highest BCUT2D eigenvalue weighted by Crippen LogP contribution is 1.90. The Morgan fingerprint density at radius 1 is 1.62 bits per heavy atom. The second-order valence-electron chi connectivity index (χ2n) is 2.95. The van der Waals surface area contributed by atoms with Gasteiger partial charge < -0.3 is 15.2 Å². The minimum absolute atomic E-state index is 0.0272. The Labute approximate surface area is 79.3 Å². The summed E-state index contributed by atoms with van der Waals surface area (Å²) in [6.07, 6.45) is 0.725. The fourth-order valence-corrected chi connectivity index (χ4v) is 0.829. The van der Waals surface area contributed by atoms with Gasteiger partial charge in [0.2, 0.25) is 5.91 Å². The van der Waals surface area contributed by atoms with Gasteiger partial charge in [-0.2, -0.15) is 0 Å². The molecular weight excluding hydrogens is 170 g/mol. The van der Waals surface area contributed by atoms with Gasteiger partial charge in [-0.1, -0.05) is 0 Å². The van der Waals surface area contributed by atoms with Crippen molar-refractivity contribution < 1.29 is 14.6 Å². The first kappa shape index (κ1) is 12.4. The van der Waals surface area contributed by atoms with E-state index in [0.717, 1.165) is 6.42 Å². The normalized spacial score (nSPS) is 12.5. The van der Waals surface area contributed by atoms with Gasteiger partial charge in [-0.15, -0.1) is 0 Å². The average Bonchev–Trinajstić information content (AvgIpc) is 2.09. The summed E-state index contributed by atoms with van der Waals surface area (Å²) in [4.78, 5) is 11.0. The maximum atomic E-state index is 11.0. The average molecular weight is 189 g/mol. The number of hydrogen-bond acceptors (Lipinski definition) is 3. The number of rotatable bonds is 7. The van der Waals surface area contributed by atoms with Crippen LogP contribution < -0.4 is 5.32 Å². The van der Waals surface area contributed by atoms with Crippen LogP contribution in [-0.2, 0) is 9.53 Å². The van der Waals surface area contributed by atoms with Crippen LogP contribution in [0.5, 0.6) is 0 Å². The number of amides is 1. The molecule has 0 heterocycles. The first-order valence-electron chi connectivity index (χ1n) is 4.69.